The van der Waals surface area contributed by atoms with E-state index in [9.17, 15) is 9.59 Å². The fourth-order valence-electron chi connectivity index (χ4n) is 4.32. The molecule has 1 heterocycles. The number of hydrogen-bond donors (Lipinski definition) is 1. The first-order valence-corrected chi connectivity index (χ1v) is 11.5. The molecular weight excluding hydrogens is 410 g/mol. The van der Waals surface area contributed by atoms with Gasteiger partial charge in [-0.15, -0.1) is 0 Å². The molecule has 3 aromatic rings. The van der Waals surface area contributed by atoms with Gasteiger partial charge in [0.15, 0.2) is 0 Å². The van der Waals surface area contributed by atoms with Crippen molar-refractivity contribution in [1.29, 1.82) is 0 Å². The summed E-state index contributed by atoms with van der Waals surface area (Å²) in [5.41, 5.74) is 5.11. The Kier molecular flexibility index (Phi) is 6.68. The summed E-state index contributed by atoms with van der Waals surface area (Å²) in [5, 5.41) is 3.07. The van der Waals surface area contributed by atoms with Crippen molar-refractivity contribution in [2.45, 2.75) is 45.7 Å². The zero-order valence-corrected chi connectivity index (χ0v) is 19.3. The largest absolute Gasteiger partial charge is 0.324 e. The predicted molar refractivity (Wildman–Crippen MR) is 134 cm³/mol. The Bertz CT molecular complexity index is 1190. The van der Waals surface area contributed by atoms with Gasteiger partial charge < -0.3 is 5.32 Å². The van der Waals surface area contributed by atoms with Crippen molar-refractivity contribution < 1.29 is 9.59 Å². The number of carbonyl (C=O) groups excluding carboxylic acids is 2. The van der Waals surface area contributed by atoms with Gasteiger partial charge in [0.25, 0.3) is 5.91 Å². The van der Waals surface area contributed by atoms with Crippen LogP contribution in [0, 0.1) is 0 Å². The number of aryl methyl sites for hydroxylation is 1. The first kappa shape index (κ1) is 22.5. The molecule has 4 rings (SSSR count). The van der Waals surface area contributed by atoms with Crippen LogP contribution in [-0.4, -0.2) is 29.6 Å². The highest BCUT2D eigenvalue weighted by Crippen LogP contribution is 2.31. The van der Waals surface area contributed by atoms with Crippen LogP contribution in [-0.2, 0) is 16.0 Å². The van der Waals surface area contributed by atoms with Crippen molar-refractivity contribution in [2.75, 3.05) is 10.2 Å². The maximum atomic E-state index is 13.6. The quantitative estimate of drug-likeness (QED) is 0.571. The highest BCUT2D eigenvalue weighted by Gasteiger charge is 2.36. The number of rotatable bonds is 6. The van der Waals surface area contributed by atoms with Crippen LogP contribution in [0.5, 0.6) is 0 Å². The van der Waals surface area contributed by atoms with E-state index in [0.29, 0.717) is 12.1 Å². The minimum absolute atomic E-state index is 0.181. The summed E-state index contributed by atoms with van der Waals surface area (Å²) in [6.07, 6.45) is 1.29. The second-order valence-electron chi connectivity index (χ2n) is 8.17. The third-order valence-corrected chi connectivity index (χ3v) is 6.04. The second kappa shape index (κ2) is 9.82. The molecule has 0 fully saturated rings. The zero-order chi connectivity index (χ0) is 23.4. The fraction of sp³-hybridized carbons (Fsp3) is 0.250. The van der Waals surface area contributed by atoms with E-state index in [4.69, 9.17) is 4.99 Å². The van der Waals surface area contributed by atoms with Crippen LogP contribution in [0.15, 0.2) is 83.9 Å². The third kappa shape index (κ3) is 4.44. The number of amides is 2. The van der Waals surface area contributed by atoms with E-state index in [1.165, 1.54) is 0 Å². The van der Waals surface area contributed by atoms with E-state index >= 15 is 0 Å². The predicted octanol–water partition coefficient (Wildman–Crippen LogP) is 5.24. The average molecular weight is 440 g/mol. The molecule has 3 aromatic carbocycles. The number of nitrogens with one attached hydrogen (secondary N) is 1. The molecular formula is C28H29N3O2. The lowest BCUT2D eigenvalue weighted by Gasteiger charge is -2.31. The summed E-state index contributed by atoms with van der Waals surface area (Å²) in [6.45, 7) is 5.78. The van der Waals surface area contributed by atoms with Crippen LogP contribution in [0.3, 0.4) is 0 Å². The van der Waals surface area contributed by atoms with E-state index in [1.807, 2.05) is 85.8 Å². The van der Waals surface area contributed by atoms with Gasteiger partial charge >= 0.3 is 0 Å². The van der Waals surface area contributed by atoms with Crippen molar-refractivity contribution in [2.24, 2.45) is 4.99 Å². The molecule has 0 spiro atoms. The van der Waals surface area contributed by atoms with Gasteiger partial charge in [-0.3, -0.25) is 19.5 Å². The molecule has 2 amide bonds. The molecule has 1 N–H and O–H groups in total. The Morgan fingerprint density at radius 2 is 1.64 bits per heavy atom. The highest BCUT2D eigenvalue weighted by atomic mass is 16.2. The van der Waals surface area contributed by atoms with Gasteiger partial charge in [0, 0.05) is 16.8 Å². The number of benzodiazepines with no additional fused rings is 1. The Morgan fingerprint density at radius 1 is 0.970 bits per heavy atom. The Balaban J connectivity index is 1.77. The van der Waals surface area contributed by atoms with Crippen LogP contribution < -0.4 is 10.2 Å². The average Bonchev–Trinajstić information content (AvgIpc) is 2.96. The van der Waals surface area contributed by atoms with Crippen molar-refractivity contribution >= 4 is 28.9 Å². The van der Waals surface area contributed by atoms with Gasteiger partial charge in [0.2, 0.25) is 5.91 Å². The van der Waals surface area contributed by atoms with Crippen molar-refractivity contribution in [1.82, 2.24) is 0 Å². The monoisotopic (exact) mass is 439 g/mol. The van der Waals surface area contributed by atoms with Crippen LogP contribution >= 0.6 is 0 Å². The number of carbonyl (C=O) groups is 2. The summed E-state index contributed by atoms with van der Waals surface area (Å²) in [4.78, 5) is 33.5. The molecule has 5 nitrogen and oxygen atoms in total. The van der Waals surface area contributed by atoms with E-state index in [-0.39, 0.29) is 11.8 Å². The van der Waals surface area contributed by atoms with Crippen LogP contribution in [0.4, 0.5) is 11.4 Å². The Morgan fingerprint density at radius 3 is 2.36 bits per heavy atom. The molecule has 0 saturated carbocycles. The van der Waals surface area contributed by atoms with Gasteiger partial charge in [0.05, 0.1) is 11.4 Å². The number of aliphatic imine (C=N–C) groups is 1. The normalized spacial score (nSPS) is 16.5. The minimum atomic E-state index is -0.656. The van der Waals surface area contributed by atoms with Gasteiger partial charge in [-0.1, -0.05) is 80.6 Å². The number of fused-ring (bicyclic) bond motifs is 1. The molecule has 5 heteroatoms. The lowest BCUT2D eigenvalue weighted by atomic mass is 9.99. The maximum Gasteiger partial charge on any atom is 0.252 e. The first-order chi connectivity index (χ1) is 16.0. The van der Waals surface area contributed by atoms with Crippen molar-refractivity contribution in [3.8, 4) is 0 Å². The SMILES string of the molecule is CCc1ccccc1NC(=O)[C@@H](CC)N1C(=O)[C@H](C)N=C(c2ccccc2)c2ccccc21. The molecule has 0 saturated heterocycles. The van der Waals surface area contributed by atoms with E-state index in [1.54, 1.807) is 11.8 Å². The van der Waals surface area contributed by atoms with Gasteiger partial charge in [-0.05, 0) is 37.5 Å². The molecule has 1 aliphatic heterocycles. The maximum absolute atomic E-state index is 13.6. The first-order valence-electron chi connectivity index (χ1n) is 11.5. The van der Waals surface area contributed by atoms with Gasteiger partial charge in [0.1, 0.15) is 12.1 Å². The number of hydrogen-bond acceptors (Lipinski definition) is 3. The molecule has 168 valence electrons. The second-order valence-corrected chi connectivity index (χ2v) is 8.17. The minimum Gasteiger partial charge on any atom is -0.324 e. The molecule has 0 aromatic heterocycles. The summed E-state index contributed by atoms with van der Waals surface area (Å²) in [7, 11) is 0. The summed E-state index contributed by atoms with van der Waals surface area (Å²) >= 11 is 0. The highest BCUT2D eigenvalue weighted by molar-refractivity contribution is 6.21. The lowest BCUT2D eigenvalue weighted by molar-refractivity contribution is -0.124. The van der Waals surface area contributed by atoms with Crippen molar-refractivity contribution in [3.05, 3.63) is 95.6 Å². The summed E-state index contributed by atoms with van der Waals surface area (Å²) in [5.74, 6) is -0.379. The molecule has 0 radical (unpaired) electrons. The van der Waals surface area contributed by atoms with Crippen LogP contribution in [0.25, 0.3) is 0 Å². The smallest absolute Gasteiger partial charge is 0.252 e. The van der Waals surface area contributed by atoms with Crippen LogP contribution in [0.2, 0.25) is 0 Å². The fourth-order valence-corrected chi connectivity index (χ4v) is 4.32. The third-order valence-electron chi connectivity index (χ3n) is 6.04. The van der Waals surface area contributed by atoms with E-state index in [0.717, 1.165) is 34.5 Å². The Hall–Kier alpha value is -3.73. The topological polar surface area (TPSA) is 61.8 Å². The van der Waals surface area contributed by atoms with Crippen molar-refractivity contribution in [3.63, 3.8) is 0 Å². The zero-order valence-electron chi connectivity index (χ0n) is 19.3. The molecule has 2 atom stereocenters. The Labute approximate surface area is 195 Å². The molecule has 0 aliphatic carbocycles. The molecule has 0 bridgehead atoms. The molecule has 33 heavy (non-hydrogen) atoms. The lowest BCUT2D eigenvalue weighted by Crippen LogP contribution is -2.50. The summed E-state index contributed by atoms with van der Waals surface area (Å²) < 4.78 is 0. The number of para-hydroxylation sites is 2. The van der Waals surface area contributed by atoms with E-state index < -0.39 is 12.1 Å². The number of anilines is 2. The molecule has 0 unspecified atom stereocenters. The van der Waals surface area contributed by atoms with Gasteiger partial charge in [-0.25, -0.2) is 0 Å². The van der Waals surface area contributed by atoms with Gasteiger partial charge in [-0.2, -0.15) is 0 Å². The van der Waals surface area contributed by atoms with E-state index in [2.05, 4.69) is 12.2 Å². The number of nitrogens with zero attached hydrogens (tertiary/aromatic N) is 2. The summed E-state index contributed by atoms with van der Waals surface area (Å²) in [6, 6.07) is 24.1. The van der Waals surface area contributed by atoms with Crippen LogP contribution in [0.1, 0.15) is 43.9 Å². The number of benzene rings is 3. The standard InChI is InChI=1S/C28H29N3O2/c1-4-20-13-9-11-17-23(20)30-27(32)24(5-2)31-25-18-12-10-16-22(25)26(29-19(3)28(31)33)21-14-7-6-8-15-21/h6-19,24H,4-5H2,1-3H3,(H,30,32)/t19-,24+/m0/s1. The molecule has 1 aliphatic rings.